The molecule has 1 heterocycles. The number of benzene rings is 1. The van der Waals surface area contributed by atoms with Gasteiger partial charge in [0, 0.05) is 31.1 Å². The highest BCUT2D eigenvalue weighted by molar-refractivity contribution is 5.77. The maximum atomic E-state index is 11.5. The summed E-state index contributed by atoms with van der Waals surface area (Å²) in [6.07, 6.45) is 0.395. The number of amides is 1. The molecule has 0 unspecified atom stereocenters. The van der Waals surface area contributed by atoms with E-state index in [0.717, 1.165) is 5.69 Å². The van der Waals surface area contributed by atoms with Crippen LogP contribution in [0.2, 0.25) is 0 Å². The van der Waals surface area contributed by atoms with Crippen LogP contribution in [0.1, 0.15) is 20.3 Å². The van der Waals surface area contributed by atoms with Gasteiger partial charge in [0.2, 0.25) is 5.91 Å². The SMILES string of the molecule is CC(C)NC(=O)CCNc1cc2c(cc1N)OCCO2. The largest absolute Gasteiger partial charge is 0.486 e. The first-order valence-corrected chi connectivity index (χ1v) is 6.78. The first-order chi connectivity index (χ1) is 9.56. The lowest BCUT2D eigenvalue weighted by Crippen LogP contribution is -2.31. The van der Waals surface area contributed by atoms with Gasteiger partial charge in [-0.3, -0.25) is 4.79 Å². The van der Waals surface area contributed by atoms with Crippen molar-refractivity contribution in [2.45, 2.75) is 26.3 Å². The molecule has 1 aromatic rings. The van der Waals surface area contributed by atoms with Crippen molar-refractivity contribution in [2.75, 3.05) is 30.8 Å². The van der Waals surface area contributed by atoms with Gasteiger partial charge in [-0.2, -0.15) is 0 Å². The number of nitrogen functional groups attached to an aromatic ring is 1. The lowest BCUT2D eigenvalue weighted by Gasteiger charge is -2.20. The predicted molar refractivity (Wildman–Crippen MR) is 78.2 cm³/mol. The molecule has 2 rings (SSSR count). The van der Waals surface area contributed by atoms with Gasteiger partial charge in [-0.25, -0.2) is 0 Å². The van der Waals surface area contributed by atoms with Gasteiger partial charge in [0.25, 0.3) is 0 Å². The van der Waals surface area contributed by atoms with Crippen molar-refractivity contribution in [3.8, 4) is 11.5 Å². The molecular formula is C14H21N3O3. The second-order valence-corrected chi connectivity index (χ2v) is 4.98. The van der Waals surface area contributed by atoms with E-state index in [0.29, 0.717) is 43.4 Å². The summed E-state index contributed by atoms with van der Waals surface area (Å²) in [6.45, 7) is 5.46. The maximum absolute atomic E-state index is 11.5. The van der Waals surface area contributed by atoms with Crippen LogP contribution in [0, 0.1) is 0 Å². The van der Waals surface area contributed by atoms with E-state index in [-0.39, 0.29) is 11.9 Å². The minimum absolute atomic E-state index is 0.0172. The molecule has 6 heteroatoms. The Balaban J connectivity index is 1.91. The summed E-state index contributed by atoms with van der Waals surface area (Å²) in [5.41, 5.74) is 7.28. The molecule has 20 heavy (non-hydrogen) atoms. The zero-order valence-corrected chi connectivity index (χ0v) is 11.9. The quantitative estimate of drug-likeness (QED) is 0.709. The van der Waals surface area contributed by atoms with Crippen LogP contribution in [0.5, 0.6) is 11.5 Å². The van der Waals surface area contributed by atoms with E-state index in [4.69, 9.17) is 15.2 Å². The summed E-state index contributed by atoms with van der Waals surface area (Å²) in [6, 6.07) is 3.71. The van der Waals surface area contributed by atoms with Crippen LogP contribution in [-0.4, -0.2) is 31.7 Å². The number of carbonyl (C=O) groups is 1. The fourth-order valence-electron chi connectivity index (χ4n) is 1.96. The number of hydrogen-bond donors (Lipinski definition) is 3. The number of rotatable bonds is 5. The van der Waals surface area contributed by atoms with Gasteiger partial charge in [0.1, 0.15) is 13.2 Å². The van der Waals surface area contributed by atoms with E-state index in [9.17, 15) is 4.79 Å². The van der Waals surface area contributed by atoms with Crippen LogP contribution >= 0.6 is 0 Å². The Morgan fingerprint density at radius 1 is 1.30 bits per heavy atom. The Hall–Kier alpha value is -2.11. The number of carbonyl (C=O) groups excluding carboxylic acids is 1. The molecule has 0 spiro atoms. The second-order valence-electron chi connectivity index (χ2n) is 4.98. The highest BCUT2D eigenvalue weighted by atomic mass is 16.6. The maximum Gasteiger partial charge on any atom is 0.221 e. The molecule has 0 aliphatic carbocycles. The van der Waals surface area contributed by atoms with E-state index in [1.54, 1.807) is 6.07 Å². The molecule has 0 bridgehead atoms. The molecule has 0 saturated heterocycles. The Morgan fingerprint density at radius 2 is 1.95 bits per heavy atom. The summed E-state index contributed by atoms with van der Waals surface area (Å²) in [7, 11) is 0. The summed E-state index contributed by atoms with van der Waals surface area (Å²) >= 11 is 0. The minimum atomic E-state index is 0.0172. The number of ether oxygens (including phenoxy) is 2. The number of anilines is 2. The van der Waals surface area contributed by atoms with Crippen LogP contribution in [-0.2, 0) is 4.79 Å². The molecule has 1 aliphatic rings. The molecule has 0 fully saturated rings. The number of fused-ring (bicyclic) bond motifs is 1. The van der Waals surface area contributed by atoms with Gasteiger partial charge in [0.05, 0.1) is 11.4 Å². The van der Waals surface area contributed by atoms with Gasteiger partial charge < -0.3 is 25.8 Å². The molecule has 0 atom stereocenters. The van der Waals surface area contributed by atoms with Crippen molar-refractivity contribution in [2.24, 2.45) is 0 Å². The minimum Gasteiger partial charge on any atom is -0.486 e. The summed E-state index contributed by atoms with van der Waals surface area (Å²) < 4.78 is 10.9. The Morgan fingerprint density at radius 3 is 2.60 bits per heavy atom. The number of hydrogen-bond acceptors (Lipinski definition) is 5. The zero-order chi connectivity index (χ0) is 14.5. The van der Waals surface area contributed by atoms with Crippen LogP contribution in [0.15, 0.2) is 12.1 Å². The van der Waals surface area contributed by atoms with Gasteiger partial charge in [-0.05, 0) is 13.8 Å². The van der Waals surface area contributed by atoms with Gasteiger partial charge in [-0.15, -0.1) is 0 Å². The molecule has 1 aromatic carbocycles. The van der Waals surface area contributed by atoms with Gasteiger partial charge in [0.15, 0.2) is 11.5 Å². The fourth-order valence-corrected chi connectivity index (χ4v) is 1.96. The summed E-state index contributed by atoms with van der Waals surface area (Å²) in [5.74, 6) is 1.36. The van der Waals surface area contributed by atoms with Crippen LogP contribution in [0.25, 0.3) is 0 Å². The molecule has 6 nitrogen and oxygen atoms in total. The van der Waals surface area contributed by atoms with Crippen molar-refractivity contribution < 1.29 is 14.3 Å². The fraction of sp³-hybridized carbons (Fsp3) is 0.500. The lowest BCUT2D eigenvalue weighted by atomic mass is 10.2. The monoisotopic (exact) mass is 279 g/mol. The Labute approximate surface area is 118 Å². The topological polar surface area (TPSA) is 85.6 Å². The molecule has 1 aliphatic heterocycles. The standard InChI is InChI=1S/C14H21N3O3/c1-9(2)17-14(18)3-4-16-11-8-13-12(7-10(11)15)19-5-6-20-13/h7-9,16H,3-6,15H2,1-2H3,(H,17,18). The van der Waals surface area contributed by atoms with E-state index in [2.05, 4.69) is 10.6 Å². The molecule has 0 aromatic heterocycles. The number of nitrogens with one attached hydrogen (secondary N) is 2. The third-order valence-electron chi connectivity index (χ3n) is 2.83. The predicted octanol–water partition coefficient (Wildman–Crippen LogP) is 1.37. The molecular weight excluding hydrogens is 258 g/mol. The first-order valence-electron chi connectivity index (χ1n) is 6.78. The lowest BCUT2D eigenvalue weighted by molar-refractivity contribution is -0.121. The first kappa shape index (κ1) is 14.3. The average molecular weight is 279 g/mol. The summed E-state index contributed by atoms with van der Waals surface area (Å²) in [4.78, 5) is 11.5. The average Bonchev–Trinajstić information content (AvgIpc) is 2.38. The van der Waals surface area contributed by atoms with Crippen molar-refractivity contribution in [1.82, 2.24) is 5.32 Å². The molecule has 0 saturated carbocycles. The Kier molecular flexibility index (Phi) is 4.55. The molecule has 4 N–H and O–H groups in total. The van der Waals surface area contributed by atoms with Crippen LogP contribution in [0.4, 0.5) is 11.4 Å². The number of nitrogens with two attached hydrogens (primary N) is 1. The summed E-state index contributed by atoms with van der Waals surface area (Å²) in [5, 5.41) is 5.98. The van der Waals surface area contributed by atoms with E-state index in [1.807, 2.05) is 19.9 Å². The van der Waals surface area contributed by atoms with Crippen molar-refractivity contribution in [3.63, 3.8) is 0 Å². The van der Waals surface area contributed by atoms with E-state index >= 15 is 0 Å². The smallest absolute Gasteiger partial charge is 0.221 e. The third kappa shape index (κ3) is 3.69. The van der Waals surface area contributed by atoms with Crippen LogP contribution < -0.4 is 25.8 Å². The van der Waals surface area contributed by atoms with Crippen molar-refractivity contribution in [3.05, 3.63) is 12.1 Å². The normalized spacial score (nSPS) is 13.2. The third-order valence-corrected chi connectivity index (χ3v) is 2.83. The van der Waals surface area contributed by atoms with E-state index in [1.165, 1.54) is 0 Å². The zero-order valence-electron chi connectivity index (χ0n) is 11.9. The highest BCUT2D eigenvalue weighted by Crippen LogP contribution is 2.36. The molecule has 1 amide bonds. The van der Waals surface area contributed by atoms with Gasteiger partial charge >= 0.3 is 0 Å². The van der Waals surface area contributed by atoms with Gasteiger partial charge in [-0.1, -0.05) is 0 Å². The molecule has 0 radical (unpaired) electrons. The molecule has 110 valence electrons. The van der Waals surface area contributed by atoms with Crippen LogP contribution in [0.3, 0.4) is 0 Å². The Bertz CT molecular complexity index is 489. The second kappa shape index (κ2) is 6.36. The highest BCUT2D eigenvalue weighted by Gasteiger charge is 2.14. The van der Waals surface area contributed by atoms with Crippen molar-refractivity contribution >= 4 is 17.3 Å². The van der Waals surface area contributed by atoms with Crippen molar-refractivity contribution in [1.29, 1.82) is 0 Å². The van der Waals surface area contributed by atoms with E-state index < -0.39 is 0 Å².